The van der Waals surface area contributed by atoms with Crippen LogP contribution in [-0.2, 0) is 0 Å². The number of alkyl halides is 1. The molecule has 0 aliphatic carbocycles. The lowest BCUT2D eigenvalue weighted by molar-refractivity contribution is 0.413. The van der Waals surface area contributed by atoms with Crippen LogP contribution < -0.4 is 10.1 Å². The fourth-order valence-corrected chi connectivity index (χ4v) is 1.23. The van der Waals surface area contributed by atoms with E-state index < -0.39 is 0 Å². The molecule has 1 heterocycles. The van der Waals surface area contributed by atoms with E-state index in [9.17, 15) is 0 Å². The second-order valence-corrected chi connectivity index (χ2v) is 3.28. The van der Waals surface area contributed by atoms with Gasteiger partial charge in [0.15, 0.2) is 0 Å². The fourth-order valence-electron chi connectivity index (χ4n) is 1.04. The van der Waals surface area contributed by atoms with Crippen molar-refractivity contribution in [2.45, 2.75) is 12.8 Å². The Bertz CT molecular complexity index is 251. The maximum Gasteiger partial charge on any atom is 0.137 e. The lowest BCUT2D eigenvalue weighted by Crippen LogP contribution is -2.03. The van der Waals surface area contributed by atoms with E-state index >= 15 is 0 Å². The lowest BCUT2D eigenvalue weighted by Gasteiger charge is -2.05. The van der Waals surface area contributed by atoms with Crippen LogP contribution in [0.25, 0.3) is 0 Å². The Morgan fingerprint density at radius 3 is 2.86 bits per heavy atom. The molecule has 0 aliphatic heterocycles. The first-order valence-electron chi connectivity index (χ1n) is 4.66. The number of hydrogen-bond donors (Lipinski definition) is 1. The molecule has 14 heavy (non-hydrogen) atoms. The van der Waals surface area contributed by atoms with Gasteiger partial charge in [0.05, 0.1) is 13.3 Å². The van der Waals surface area contributed by atoms with E-state index in [2.05, 4.69) is 10.3 Å². The van der Waals surface area contributed by atoms with Gasteiger partial charge in [-0.15, -0.1) is 11.6 Å². The van der Waals surface area contributed by atoms with Crippen LogP contribution in [0.5, 0.6) is 5.75 Å². The van der Waals surface area contributed by atoms with Crippen molar-refractivity contribution < 1.29 is 4.74 Å². The summed E-state index contributed by atoms with van der Waals surface area (Å²) in [6.45, 7) is 0.909. The third kappa shape index (κ3) is 3.83. The first-order chi connectivity index (χ1) is 6.86. The van der Waals surface area contributed by atoms with Gasteiger partial charge in [0.2, 0.25) is 0 Å². The molecule has 0 unspecified atom stereocenters. The Morgan fingerprint density at radius 1 is 1.43 bits per heavy atom. The summed E-state index contributed by atoms with van der Waals surface area (Å²) >= 11 is 5.56. The number of aromatic nitrogens is 1. The quantitative estimate of drug-likeness (QED) is 0.584. The Labute approximate surface area is 89.4 Å². The van der Waals surface area contributed by atoms with E-state index in [0.717, 1.165) is 36.8 Å². The minimum atomic E-state index is 0.720. The molecule has 1 N–H and O–H groups in total. The number of pyridine rings is 1. The predicted molar refractivity (Wildman–Crippen MR) is 59.2 cm³/mol. The number of anilines is 1. The van der Waals surface area contributed by atoms with E-state index in [-0.39, 0.29) is 0 Å². The van der Waals surface area contributed by atoms with Gasteiger partial charge in [0.1, 0.15) is 11.6 Å². The van der Waals surface area contributed by atoms with Crippen LogP contribution in [0.1, 0.15) is 12.8 Å². The maximum atomic E-state index is 5.56. The number of rotatable bonds is 6. The van der Waals surface area contributed by atoms with Crippen LogP contribution in [-0.4, -0.2) is 24.5 Å². The minimum absolute atomic E-state index is 0.720. The van der Waals surface area contributed by atoms with E-state index in [1.165, 1.54) is 0 Å². The monoisotopic (exact) mass is 214 g/mol. The molecule has 1 aromatic rings. The number of nitrogens with zero attached hydrogens (tertiary/aromatic N) is 1. The molecule has 4 heteroatoms. The van der Waals surface area contributed by atoms with Crippen LogP contribution in [0.3, 0.4) is 0 Å². The number of unbranched alkanes of at least 4 members (excludes halogenated alkanes) is 1. The van der Waals surface area contributed by atoms with Gasteiger partial charge in [0.25, 0.3) is 0 Å². The zero-order chi connectivity index (χ0) is 10.2. The Kier molecular flexibility index (Phi) is 5.15. The largest absolute Gasteiger partial charge is 0.495 e. The summed E-state index contributed by atoms with van der Waals surface area (Å²) in [5.74, 6) is 2.37. The van der Waals surface area contributed by atoms with Gasteiger partial charge in [0, 0.05) is 12.4 Å². The second kappa shape index (κ2) is 6.49. The van der Waals surface area contributed by atoms with Crippen molar-refractivity contribution in [2.24, 2.45) is 0 Å². The molecule has 78 valence electrons. The molecule has 0 amide bonds. The molecule has 0 saturated carbocycles. The van der Waals surface area contributed by atoms with Crippen molar-refractivity contribution in [2.75, 3.05) is 24.9 Å². The van der Waals surface area contributed by atoms with Gasteiger partial charge in [-0.2, -0.15) is 0 Å². The third-order valence-electron chi connectivity index (χ3n) is 1.84. The Hall–Kier alpha value is -0.960. The van der Waals surface area contributed by atoms with Gasteiger partial charge < -0.3 is 10.1 Å². The van der Waals surface area contributed by atoms with Crippen molar-refractivity contribution in [1.29, 1.82) is 0 Å². The average Bonchev–Trinajstić information content (AvgIpc) is 2.25. The van der Waals surface area contributed by atoms with Crippen LogP contribution in [0.4, 0.5) is 5.82 Å². The highest BCUT2D eigenvalue weighted by atomic mass is 35.5. The van der Waals surface area contributed by atoms with E-state index in [0.29, 0.717) is 0 Å². The van der Waals surface area contributed by atoms with Gasteiger partial charge in [-0.3, -0.25) is 0 Å². The molecule has 0 spiro atoms. The zero-order valence-corrected chi connectivity index (χ0v) is 9.05. The van der Waals surface area contributed by atoms with Crippen LogP contribution in [0.15, 0.2) is 18.3 Å². The third-order valence-corrected chi connectivity index (χ3v) is 2.11. The molecule has 0 bridgehead atoms. The van der Waals surface area contributed by atoms with Crippen molar-refractivity contribution in [3.05, 3.63) is 18.3 Å². The number of halogens is 1. The number of nitrogens with one attached hydrogen (secondary N) is 1. The number of ether oxygens (including phenoxy) is 1. The molecule has 0 saturated heterocycles. The van der Waals surface area contributed by atoms with Gasteiger partial charge in [-0.05, 0) is 25.0 Å². The summed E-state index contributed by atoms with van der Waals surface area (Å²) in [6, 6.07) is 3.79. The SMILES string of the molecule is COc1ccc(NCCCCCl)nc1. The summed E-state index contributed by atoms with van der Waals surface area (Å²) < 4.78 is 5.00. The Morgan fingerprint density at radius 2 is 2.29 bits per heavy atom. The first-order valence-corrected chi connectivity index (χ1v) is 5.20. The topological polar surface area (TPSA) is 34.1 Å². The van der Waals surface area contributed by atoms with Crippen LogP contribution in [0.2, 0.25) is 0 Å². The van der Waals surface area contributed by atoms with Gasteiger partial charge in [-0.25, -0.2) is 4.98 Å². The smallest absolute Gasteiger partial charge is 0.137 e. The molecule has 0 aromatic carbocycles. The molecule has 0 atom stereocenters. The summed E-state index contributed by atoms with van der Waals surface area (Å²) in [5, 5.41) is 3.21. The van der Waals surface area contributed by atoms with Crippen molar-refractivity contribution >= 4 is 17.4 Å². The van der Waals surface area contributed by atoms with E-state index in [4.69, 9.17) is 16.3 Å². The van der Waals surface area contributed by atoms with Crippen LogP contribution >= 0.6 is 11.6 Å². The van der Waals surface area contributed by atoms with E-state index in [1.807, 2.05) is 12.1 Å². The summed E-state index contributed by atoms with van der Waals surface area (Å²) in [4.78, 5) is 4.18. The number of methoxy groups -OCH3 is 1. The molecule has 1 rings (SSSR count). The van der Waals surface area contributed by atoms with Gasteiger partial charge in [-0.1, -0.05) is 0 Å². The number of hydrogen-bond acceptors (Lipinski definition) is 3. The average molecular weight is 215 g/mol. The maximum absolute atomic E-state index is 5.56. The highest BCUT2D eigenvalue weighted by molar-refractivity contribution is 6.17. The first kappa shape index (κ1) is 11.1. The highest BCUT2D eigenvalue weighted by Gasteiger charge is 1.94. The molecule has 0 fully saturated rings. The van der Waals surface area contributed by atoms with Crippen molar-refractivity contribution in [3.63, 3.8) is 0 Å². The molecule has 0 radical (unpaired) electrons. The van der Waals surface area contributed by atoms with E-state index in [1.54, 1.807) is 13.3 Å². The molecule has 0 aliphatic rings. The lowest BCUT2D eigenvalue weighted by atomic mass is 10.3. The van der Waals surface area contributed by atoms with Crippen LogP contribution in [0, 0.1) is 0 Å². The van der Waals surface area contributed by atoms with Crippen molar-refractivity contribution in [1.82, 2.24) is 4.98 Å². The predicted octanol–water partition coefficient (Wildman–Crippen LogP) is 2.52. The molecular weight excluding hydrogens is 200 g/mol. The Balaban J connectivity index is 2.29. The van der Waals surface area contributed by atoms with Crippen molar-refractivity contribution in [3.8, 4) is 5.75 Å². The van der Waals surface area contributed by atoms with Gasteiger partial charge >= 0.3 is 0 Å². The summed E-state index contributed by atoms with van der Waals surface area (Å²) in [5.41, 5.74) is 0. The minimum Gasteiger partial charge on any atom is -0.495 e. The summed E-state index contributed by atoms with van der Waals surface area (Å²) in [6.07, 6.45) is 3.80. The second-order valence-electron chi connectivity index (χ2n) is 2.91. The molecular formula is C10H15ClN2O. The highest BCUT2D eigenvalue weighted by Crippen LogP contribution is 2.10. The summed E-state index contributed by atoms with van der Waals surface area (Å²) in [7, 11) is 1.63. The standard InChI is InChI=1S/C10H15ClN2O/c1-14-9-4-5-10(13-8-9)12-7-3-2-6-11/h4-5,8H,2-3,6-7H2,1H3,(H,12,13). The molecule has 1 aromatic heterocycles. The normalized spacial score (nSPS) is 9.86. The molecule has 3 nitrogen and oxygen atoms in total. The fraction of sp³-hybridized carbons (Fsp3) is 0.500. The zero-order valence-electron chi connectivity index (χ0n) is 8.29.